The van der Waals surface area contributed by atoms with Crippen LogP contribution in [0.2, 0.25) is 0 Å². The number of para-hydroxylation sites is 1. The topological polar surface area (TPSA) is 160 Å². The maximum atomic E-state index is 14.3. The van der Waals surface area contributed by atoms with E-state index < -0.39 is 35.9 Å². The zero-order chi connectivity index (χ0) is 44.0. The fraction of sp³-hybridized carbons (Fsp3) is 0.512. The summed E-state index contributed by atoms with van der Waals surface area (Å²) in [6.07, 6.45) is 4.62. The molecular weight excluding hydrogens is 825 g/mol. The summed E-state index contributed by atoms with van der Waals surface area (Å²) >= 11 is 0. The number of rotatable bonds is 9. The Morgan fingerprint density at radius 2 is 1.73 bits per heavy atom. The van der Waals surface area contributed by atoms with Gasteiger partial charge in [-0.15, -0.1) is 0 Å². The minimum Gasteiger partial charge on any atom is -0.356 e. The molecule has 2 N–H and O–H groups in total. The Kier molecular flexibility index (Phi) is 11.6. The van der Waals surface area contributed by atoms with Crippen molar-refractivity contribution < 1.29 is 31.9 Å². The number of amides is 3. The van der Waals surface area contributed by atoms with Crippen molar-refractivity contribution in [3.63, 3.8) is 0 Å². The van der Waals surface area contributed by atoms with E-state index in [9.17, 15) is 36.7 Å². The minimum absolute atomic E-state index is 0.0601. The van der Waals surface area contributed by atoms with Crippen LogP contribution in [0, 0.1) is 17.8 Å². The van der Waals surface area contributed by atoms with Crippen molar-refractivity contribution >= 4 is 45.9 Å². The van der Waals surface area contributed by atoms with Crippen LogP contribution in [-0.4, -0.2) is 119 Å². The molecule has 332 valence electrons. The van der Waals surface area contributed by atoms with Gasteiger partial charge in [0.25, 0.3) is 18.3 Å². The number of piperazine rings is 1. The van der Waals surface area contributed by atoms with Gasteiger partial charge in [-0.25, -0.2) is 31.9 Å². The Labute approximate surface area is 359 Å². The Morgan fingerprint density at radius 3 is 2.46 bits per heavy atom. The molecule has 0 radical (unpaired) electrons. The normalized spacial score (nSPS) is 22.4. The highest BCUT2D eigenvalue weighted by atomic mass is 19.3. The highest BCUT2D eigenvalue weighted by Gasteiger charge is 2.35. The van der Waals surface area contributed by atoms with Crippen molar-refractivity contribution in [1.82, 2.24) is 48.6 Å². The molecule has 1 atom stereocenters. The molecule has 0 bridgehead atoms. The van der Waals surface area contributed by atoms with Crippen molar-refractivity contribution in [3.05, 3.63) is 70.2 Å². The first-order valence-electron chi connectivity index (χ1n) is 21.4. The average molecular weight is 873 g/mol. The van der Waals surface area contributed by atoms with Crippen molar-refractivity contribution in [2.45, 2.75) is 75.8 Å². The Hall–Kier alpha value is -6.07. The van der Waals surface area contributed by atoms with Gasteiger partial charge in [0.1, 0.15) is 17.4 Å². The fourth-order valence-electron chi connectivity index (χ4n) is 9.40. The van der Waals surface area contributed by atoms with Crippen molar-refractivity contribution in [1.29, 1.82) is 0 Å². The second-order valence-corrected chi connectivity index (χ2v) is 17.0. The third-order valence-electron chi connectivity index (χ3n) is 13.0. The maximum Gasteiger partial charge on any atom is 0.329 e. The molecule has 9 rings (SSSR count). The van der Waals surface area contributed by atoms with E-state index in [2.05, 4.69) is 47.5 Å². The number of benzene rings is 1. The number of carbonyl (C=O) groups excluding carboxylic acids is 3. The van der Waals surface area contributed by atoms with Gasteiger partial charge in [-0.05, 0) is 56.2 Å². The lowest BCUT2D eigenvalue weighted by Gasteiger charge is -2.37. The highest BCUT2D eigenvalue weighted by Crippen LogP contribution is 2.36. The SMILES string of the molecule is Cn1c(=O)n(C2CCC(=O)NC2=O)c2cccc(C#CCN3CCN(C[C@H]4CC[C@H](n5cc(NC(=O)c6cnn7ccc(N8CCC(F)(F)CC8)nc67)c(C(F)F)n5)CC4)CC3)c21. The second-order valence-electron chi connectivity index (χ2n) is 17.0. The van der Waals surface area contributed by atoms with E-state index in [-0.39, 0.29) is 73.3 Å². The third-order valence-corrected chi connectivity index (χ3v) is 13.0. The zero-order valence-electron chi connectivity index (χ0n) is 34.8. The number of alkyl halides is 4. The van der Waals surface area contributed by atoms with Crippen LogP contribution in [0.5, 0.6) is 0 Å². The van der Waals surface area contributed by atoms with Gasteiger partial charge in [-0.2, -0.15) is 10.2 Å². The summed E-state index contributed by atoms with van der Waals surface area (Å²) in [6.45, 7) is 5.20. The van der Waals surface area contributed by atoms with E-state index in [0.29, 0.717) is 34.9 Å². The van der Waals surface area contributed by atoms with Crippen molar-refractivity contribution in [2.24, 2.45) is 13.0 Å². The van der Waals surface area contributed by atoms with Gasteiger partial charge in [-0.3, -0.25) is 38.4 Å². The second kappa shape index (κ2) is 17.2. The molecule has 4 aromatic heterocycles. The van der Waals surface area contributed by atoms with Gasteiger partial charge in [0, 0.05) is 84.5 Å². The number of piperidine rings is 2. The van der Waals surface area contributed by atoms with E-state index >= 15 is 0 Å². The van der Waals surface area contributed by atoms with Crippen LogP contribution in [-0.2, 0) is 16.6 Å². The molecule has 1 saturated carbocycles. The van der Waals surface area contributed by atoms with E-state index in [1.807, 2.05) is 12.1 Å². The predicted molar refractivity (Wildman–Crippen MR) is 224 cm³/mol. The lowest BCUT2D eigenvalue weighted by Crippen LogP contribution is -2.48. The number of imidazole rings is 1. The number of fused-ring (bicyclic) bond motifs is 2. The zero-order valence-corrected chi connectivity index (χ0v) is 34.8. The molecule has 3 aliphatic heterocycles. The maximum absolute atomic E-state index is 14.3. The van der Waals surface area contributed by atoms with E-state index in [4.69, 9.17) is 0 Å². The molecule has 5 aromatic rings. The van der Waals surface area contributed by atoms with E-state index in [0.717, 1.165) is 58.4 Å². The first kappa shape index (κ1) is 42.2. The first-order valence-corrected chi connectivity index (χ1v) is 21.4. The van der Waals surface area contributed by atoms with Crippen LogP contribution < -0.4 is 21.2 Å². The Balaban J connectivity index is 0.767. The van der Waals surface area contributed by atoms with Crippen LogP contribution in [0.1, 0.15) is 91.5 Å². The van der Waals surface area contributed by atoms with Crippen molar-refractivity contribution in [2.75, 3.05) is 62.6 Å². The summed E-state index contributed by atoms with van der Waals surface area (Å²) in [5, 5.41) is 13.4. The molecule has 7 heterocycles. The average Bonchev–Trinajstić information content (AvgIpc) is 3.96. The smallest absolute Gasteiger partial charge is 0.329 e. The number of hydrogen-bond acceptors (Lipinski definition) is 10. The fourth-order valence-corrected chi connectivity index (χ4v) is 9.40. The van der Waals surface area contributed by atoms with Gasteiger partial charge < -0.3 is 15.1 Å². The molecule has 63 heavy (non-hydrogen) atoms. The van der Waals surface area contributed by atoms with Gasteiger partial charge >= 0.3 is 5.69 Å². The molecule has 1 unspecified atom stereocenters. The number of nitrogens with one attached hydrogen (secondary N) is 2. The number of anilines is 2. The quantitative estimate of drug-likeness (QED) is 0.124. The monoisotopic (exact) mass is 872 g/mol. The molecule has 4 fully saturated rings. The number of nitrogens with zero attached hydrogens (tertiary/aromatic N) is 10. The largest absolute Gasteiger partial charge is 0.356 e. The third kappa shape index (κ3) is 8.68. The molecule has 4 aliphatic rings. The Morgan fingerprint density at radius 1 is 0.984 bits per heavy atom. The molecule has 3 saturated heterocycles. The molecule has 3 amide bonds. The number of aromatic nitrogens is 7. The summed E-state index contributed by atoms with van der Waals surface area (Å²) in [7, 11) is 1.66. The van der Waals surface area contributed by atoms with Crippen LogP contribution in [0.4, 0.5) is 29.1 Å². The molecule has 1 aliphatic carbocycles. The summed E-state index contributed by atoms with van der Waals surface area (Å²) in [4.78, 5) is 62.1. The number of imide groups is 1. The highest BCUT2D eigenvalue weighted by molar-refractivity contribution is 6.08. The number of halogens is 4. The number of aryl methyl sites for hydroxylation is 1. The predicted octanol–water partition coefficient (Wildman–Crippen LogP) is 4.38. The lowest BCUT2D eigenvalue weighted by molar-refractivity contribution is -0.135. The van der Waals surface area contributed by atoms with Crippen LogP contribution in [0.15, 0.2) is 47.7 Å². The minimum atomic E-state index is -2.92. The molecule has 0 spiro atoms. The first-order chi connectivity index (χ1) is 30.3. The molecular formula is C43H48F4N12O4. The van der Waals surface area contributed by atoms with Gasteiger partial charge in [0.05, 0.1) is 41.1 Å². The van der Waals surface area contributed by atoms with Gasteiger partial charge in [-0.1, -0.05) is 17.9 Å². The van der Waals surface area contributed by atoms with Gasteiger partial charge in [0.2, 0.25) is 11.8 Å². The van der Waals surface area contributed by atoms with Crippen LogP contribution in [0.3, 0.4) is 0 Å². The van der Waals surface area contributed by atoms with Crippen LogP contribution >= 0.6 is 0 Å². The van der Waals surface area contributed by atoms with E-state index in [1.54, 1.807) is 35.0 Å². The summed E-state index contributed by atoms with van der Waals surface area (Å²) in [5.41, 5.74) is 1.26. The van der Waals surface area contributed by atoms with Crippen LogP contribution in [0.25, 0.3) is 16.7 Å². The molecule has 20 heteroatoms. The summed E-state index contributed by atoms with van der Waals surface area (Å²) in [6, 6.07) is 6.27. The summed E-state index contributed by atoms with van der Waals surface area (Å²) < 4.78 is 61.9. The summed E-state index contributed by atoms with van der Waals surface area (Å²) in [5.74, 6) is 3.19. The molecule has 1 aromatic carbocycles. The van der Waals surface area contributed by atoms with E-state index in [1.165, 1.54) is 26.0 Å². The number of hydrogen-bond donors (Lipinski definition) is 2. The number of carbonyl (C=O) groups is 3. The van der Waals surface area contributed by atoms with Crippen molar-refractivity contribution in [3.8, 4) is 11.8 Å². The molecule has 16 nitrogen and oxygen atoms in total. The lowest BCUT2D eigenvalue weighted by atomic mass is 9.85. The van der Waals surface area contributed by atoms with Gasteiger partial charge in [0.15, 0.2) is 11.3 Å². The Bertz CT molecular complexity index is 2670. The standard InChI is InChI=1S/C43H48F4N12O4/c1-53-37-28(4-2-6-32(37)59(42(53)63)33-11-12-35(60)51-41(33)62)5-3-16-54-20-22-55(23-21-54)25-27-7-9-29(10-8-27)58-26-31(36(52-58)38(44)45)49-40(61)30-24-48-57-17-13-34(50-39(30)57)56-18-14-43(46,47)15-19-56/h2,4,6,13,17,24,26-27,29,33,38H,7-12,14-16,18-23,25H2,1H3,(H,49,61)(H,51,60,62)/t27-,29-,33?.